The summed E-state index contributed by atoms with van der Waals surface area (Å²) in [7, 11) is 2.67. The zero-order valence-electron chi connectivity index (χ0n) is 14.2. The number of amides is 2. The molecule has 24 heavy (non-hydrogen) atoms. The molecule has 0 aliphatic heterocycles. The first-order valence-corrected chi connectivity index (χ1v) is 7.51. The molecule has 0 saturated heterocycles. The predicted molar refractivity (Wildman–Crippen MR) is 84.0 cm³/mol. The minimum Gasteiger partial charge on any atom is -0.475 e. The van der Waals surface area contributed by atoms with Gasteiger partial charge in [0.05, 0.1) is 14.2 Å². The van der Waals surface area contributed by atoms with E-state index >= 15 is 0 Å². The summed E-state index contributed by atoms with van der Waals surface area (Å²) in [5.41, 5.74) is 4.43. The largest absolute Gasteiger partial charge is 0.475 e. The second-order valence-corrected chi connectivity index (χ2v) is 4.68. The van der Waals surface area contributed by atoms with Gasteiger partial charge in [-0.25, -0.2) is 15.9 Å². The van der Waals surface area contributed by atoms with Crippen molar-refractivity contribution in [1.29, 1.82) is 0 Å². The fourth-order valence-electron chi connectivity index (χ4n) is 1.82. The maximum Gasteiger partial charge on any atom is 0.284 e. The van der Waals surface area contributed by atoms with Gasteiger partial charge in [0.2, 0.25) is 0 Å². The third-order valence-corrected chi connectivity index (χ3v) is 2.99. The van der Waals surface area contributed by atoms with Crippen molar-refractivity contribution in [2.75, 3.05) is 14.2 Å². The molecule has 134 valence electrons. The van der Waals surface area contributed by atoms with E-state index in [0.29, 0.717) is 12.8 Å². The Hall–Kier alpha value is -2.39. The Bertz CT molecular complexity index is 493. The molecule has 0 aliphatic carbocycles. The van der Waals surface area contributed by atoms with Crippen LogP contribution in [-0.2, 0) is 19.3 Å². The smallest absolute Gasteiger partial charge is 0.284 e. The van der Waals surface area contributed by atoms with Gasteiger partial charge >= 0.3 is 0 Å². The highest BCUT2D eigenvalue weighted by Gasteiger charge is 2.24. The van der Waals surface area contributed by atoms with Crippen LogP contribution in [0.4, 0.5) is 0 Å². The molecule has 0 fully saturated rings. The second kappa shape index (κ2) is 10.4. The summed E-state index contributed by atoms with van der Waals surface area (Å²) in [6, 6.07) is 3.24. The summed E-state index contributed by atoms with van der Waals surface area (Å²) >= 11 is 0. The van der Waals surface area contributed by atoms with E-state index in [-0.39, 0.29) is 11.6 Å². The van der Waals surface area contributed by atoms with Crippen molar-refractivity contribution in [3.05, 3.63) is 18.3 Å². The van der Waals surface area contributed by atoms with Crippen molar-refractivity contribution in [3.8, 4) is 11.6 Å². The summed E-state index contributed by atoms with van der Waals surface area (Å²) in [6.07, 6.45) is 0.705. The minimum absolute atomic E-state index is 0.110. The lowest BCUT2D eigenvalue weighted by Crippen LogP contribution is -2.38. The van der Waals surface area contributed by atoms with Gasteiger partial charge in [-0.1, -0.05) is 13.8 Å². The molecule has 1 heterocycles. The van der Waals surface area contributed by atoms with E-state index in [2.05, 4.69) is 25.6 Å². The van der Waals surface area contributed by atoms with E-state index < -0.39 is 24.0 Å². The Morgan fingerprint density at radius 1 is 1.04 bits per heavy atom. The molecule has 2 atom stereocenters. The molecular formula is C15H23N3O6. The molecule has 2 amide bonds. The first-order chi connectivity index (χ1) is 11.6. The standard InChI is InChI=1S/C15H23N3O6/c1-5-10(13(19)17-21-3)23-12-8-7-9-16-15(12)24-11(6-2)14(20)18-22-4/h7-11H,5-6H2,1-4H3,(H,17,19)(H,18,20). The molecule has 1 rings (SSSR count). The van der Waals surface area contributed by atoms with Crippen molar-refractivity contribution >= 4 is 11.8 Å². The van der Waals surface area contributed by atoms with Crippen molar-refractivity contribution in [2.24, 2.45) is 0 Å². The number of hydrogen-bond acceptors (Lipinski definition) is 7. The number of hydroxylamine groups is 2. The summed E-state index contributed by atoms with van der Waals surface area (Å²) in [4.78, 5) is 37.0. The number of nitrogens with zero attached hydrogens (tertiary/aromatic N) is 1. The van der Waals surface area contributed by atoms with Gasteiger partial charge in [-0.15, -0.1) is 0 Å². The maximum absolute atomic E-state index is 11.9. The zero-order valence-corrected chi connectivity index (χ0v) is 14.2. The molecule has 1 aromatic heterocycles. The number of rotatable bonds is 10. The molecule has 0 spiro atoms. The summed E-state index contributed by atoms with van der Waals surface area (Å²) < 4.78 is 11.3. The highest BCUT2D eigenvalue weighted by atomic mass is 16.7. The van der Waals surface area contributed by atoms with Crippen LogP contribution in [0.2, 0.25) is 0 Å². The fourth-order valence-corrected chi connectivity index (χ4v) is 1.82. The number of ether oxygens (including phenoxy) is 2. The number of aromatic nitrogens is 1. The van der Waals surface area contributed by atoms with Crippen LogP contribution in [0, 0.1) is 0 Å². The molecule has 0 saturated carbocycles. The molecule has 2 unspecified atom stereocenters. The fraction of sp³-hybridized carbons (Fsp3) is 0.533. The summed E-state index contributed by atoms with van der Waals surface area (Å²) in [5, 5.41) is 0. The molecule has 1 aromatic rings. The molecule has 0 aliphatic rings. The number of carbonyl (C=O) groups excluding carboxylic acids is 2. The minimum atomic E-state index is -0.810. The molecule has 2 N–H and O–H groups in total. The van der Waals surface area contributed by atoms with Gasteiger partial charge < -0.3 is 9.47 Å². The lowest BCUT2D eigenvalue weighted by molar-refractivity contribution is -0.140. The molecule has 0 radical (unpaired) electrons. The SMILES string of the molecule is CCC(Oc1cccnc1OC(CC)C(=O)NOC)C(=O)NOC. The van der Waals surface area contributed by atoms with Gasteiger partial charge in [0, 0.05) is 6.20 Å². The third kappa shape index (κ3) is 5.67. The lowest BCUT2D eigenvalue weighted by Gasteiger charge is -2.20. The van der Waals surface area contributed by atoms with E-state index in [1.807, 2.05) is 0 Å². The van der Waals surface area contributed by atoms with Crippen molar-refractivity contribution in [1.82, 2.24) is 15.9 Å². The van der Waals surface area contributed by atoms with E-state index in [9.17, 15) is 9.59 Å². The van der Waals surface area contributed by atoms with E-state index in [0.717, 1.165) is 0 Å². The zero-order chi connectivity index (χ0) is 17.9. The molecule has 0 bridgehead atoms. The van der Waals surface area contributed by atoms with Crippen molar-refractivity contribution < 1.29 is 28.7 Å². The van der Waals surface area contributed by atoms with Gasteiger partial charge in [-0.2, -0.15) is 0 Å². The third-order valence-electron chi connectivity index (χ3n) is 2.99. The van der Waals surface area contributed by atoms with Gasteiger partial charge in [0.1, 0.15) is 0 Å². The highest BCUT2D eigenvalue weighted by molar-refractivity contribution is 5.80. The molecule has 9 nitrogen and oxygen atoms in total. The monoisotopic (exact) mass is 341 g/mol. The van der Waals surface area contributed by atoms with Crippen LogP contribution >= 0.6 is 0 Å². The van der Waals surface area contributed by atoms with Crippen LogP contribution in [-0.4, -0.2) is 43.2 Å². The van der Waals surface area contributed by atoms with Crippen molar-refractivity contribution in [2.45, 2.75) is 38.9 Å². The maximum atomic E-state index is 11.9. The van der Waals surface area contributed by atoms with Gasteiger partial charge in [-0.05, 0) is 25.0 Å². The Morgan fingerprint density at radius 2 is 1.58 bits per heavy atom. The van der Waals surface area contributed by atoms with Crippen LogP contribution < -0.4 is 20.4 Å². The normalized spacial score (nSPS) is 12.8. The lowest BCUT2D eigenvalue weighted by atomic mass is 10.2. The van der Waals surface area contributed by atoms with Crippen LogP contribution in [0.1, 0.15) is 26.7 Å². The predicted octanol–water partition coefficient (Wildman–Crippen LogP) is 0.752. The van der Waals surface area contributed by atoms with Gasteiger partial charge in [0.25, 0.3) is 17.7 Å². The molecule has 9 heteroatoms. The summed E-state index contributed by atoms with van der Waals surface area (Å²) in [5.74, 6) is -0.515. The second-order valence-electron chi connectivity index (χ2n) is 4.68. The average molecular weight is 341 g/mol. The topological polar surface area (TPSA) is 108 Å². The van der Waals surface area contributed by atoms with Crippen molar-refractivity contribution in [3.63, 3.8) is 0 Å². The molecular weight excluding hydrogens is 318 g/mol. The van der Waals surface area contributed by atoms with Gasteiger partial charge in [0.15, 0.2) is 18.0 Å². The number of nitrogens with one attached hydrogen (secondary N) is 2. The number of hydrogen-bond donors (Lipinski definition) is 2. The quantitative estimate of drug-likeness (QED) is 0.605. The van der Waals surface area contributed by atoms with E-state index in [1.54, 1.807) is 26.0 Å². The van der Waals surface area contributed by atoms with Crippen LogP contribution in [0.3, 0.4) is 0 Å². The number of carbonyl (C=O) groups is 2. The highest BCUT2D eigenvalue weighted by Crippen LogP contribution is 2.26. The van der Waals surface area contributed by atoms with E-state index in [1.165, 1.54) is 20.4 Å². The van der Waals surface area contributed by atoms with Gasteiger partial charge in [-0.3, -0.25) is 19.3 Å². The Labute approximate surface area is 140 Å². The van der Waals surface area contributed by atoms with Crippen LogP contribution in [0.15, 0.2) is 18.3 Å². The Balaban J connectivity index is 2.90. The Kier molecular flexibility index (Phi) is 8.52. The Morgan fingerprint density at radius 3 is 2.08 bits per heavy atom. The first kappa shape index (κ1) is 19.7. The number of pyridine rings is 1. The summed E-state index contributed by atoms with van der Waals surface area (Å²) in [6.45, 7) is 3.57. The van der Waals surface area contributed by atoms with Crippen LogP contribution in [0.25, 0.3) is 0 Å². The first-order valence-electron chi connectivity index (χ1n) is 7.51. The molecule has 0 aromatic carbocycles. The van der Waals surface area contributed by atoms with E-state index in [4.69, 9.17) is 9.47 Å². The van der Waals surface area contributed by atoms with Crippen LogP contribution in [0.5, 0.6) is 11.6 Å². The average Bonchev–Trinajstić information content (AvgIpc) is 2.58.